The summed E-state index contributed by atoms with van der Waals surface area (Å²) in [5.41, 5.74) is 0.195. The van der Waals surface area contributed by atoms with Crippen LogP contribution in [-0.2, 0) is 0 Å². The molecule has 0 aromatic heterocycles. The molecule has 0 radical (unpaired) electrons. The largest absolute Gasteiger partial charge is 0.342 e. The van der Waals surface area contributed by atoms with E-state index in [0.717, 1.165) is 12.8 Å². The Morgan fingerprint density at radius 2 is 2.26 bits per heavy atom. The quantitative estimate of drug-likeness (QED) is 0.348. The van der Waals surface area contributed by atoms with Gasteiger partial charge >= 0.3 is 0 Å². The van der Waals surface area contributed by atoms with E-state index in [1.165, 1.54) is 12.1 Å². The maximum absolute atomic E-state index is 12.2. The van der Waals surface area contributed by atoms with Gasteiger partial charge in [0.05, 0.1) is 10.5 Å². The van der Waals surface area contributed by atoms with E-state index in [1.807, 2.05) is 0 Å². The average Bonchev–Trinajstić information content (AvgIpc) is 2.38. The van der Waals surface area contributed by atoms with Gasteiger partial charge in [-0.3, -0.25) is 14.9 Å². The summed E-state index contributed by atoms with van der Waals surface area (Å²) in [6, 6.07) is 4.44. The SMILES string of the molecule is C=CCCCN(C)C(=O)c1cccc([N+](=O)[O-])c1Br. The van der Waals surface area contributed by atoms with Crippen LogP contribution >= 0.6 is 15.9 Å². The molecule has 6 heteroatoms. The first kappa shape index (κ1) is 15.4. The molecule has 0 aliphatic carbocycles. The number of nitro groups is 1. The van der Waals surface area contributed by atoms with Crippen molar-refractivity contribution in [3.63, 3.8) is 0 Å². The van der Waals surface area contributed by atoms with E-state index in [-0.39, 0.29) is 16.1 Å². The van der Waals surface area contributed by atoms with Crippen molar-refractivity contribution in [3.05, 3.63) is 51.0 Å². The Bertz CT molecular complexity index is 503. The number of rotatable bonds is 6. The molecule has 0 bridgehead atoms. The van der Waals surface area contributed by atoms with Gasteiger partial charge < -0.3 is 4.90 Å². The van der Waals surface area contributed by atoms with Crippen molar-refractivity contribution in [2.24, 2.45) is 0 Å². The monoisotopic (exact) mass is 326 g/mol. The van der Waals surface area contributed by atoms with Crippen molar-refractivity contribution in [2.45, 2.75) is 12.8 Å². The predicted molar refractivity (Wildman–Crippen MR) is 77.2 cm³/mol. The van der Waals surface area contributed by atoms with Gasteiger partial charge in [0, 0.05) is 19.7 Å². The molecule has 5 nitrogen and oxygen atoms in total. The number of carbonyl (C=O) groups is 1. The highest BCUT2D eigenvalue weighted by molar-refractivity contribution is 9.10. The second-order valence-electron chi connectivity index (χ2n) is 4.05. The molecule has 1 rings (SSSR count). The summed E-state index contributed by atoms with van der Waals surface area (Å²) in [6.07, 6.45) is 3.44. The van der Waals surface area contributed by atoms with Gasteiger partial charge in [0.15, 0.2) is 0 Å². The van der Waals surface area contributed by atoms with Crippen LogP contribution in [0.4, 0.5) is 5.69 Å². The normalized spacial score (nSPS) is 10.0. The highest BCUT2D eigenvalue weighted by Crippen LogP contribution is 2.28. The molecule has 102 valence electrons. The minimum atomic E-state index is -0.515. The Labute approximate surface area is 120 Å². The standard InChI is InChI=1S/C13H15BrN2O3/c1-3-4-5-9-15(2)13(17)10-7-6-8-11(12(10)14)16(18)19/h3,6-8H,1,4-5,9H2,2H3. The third kappa shape index (κ3) is 3.89. The number of benzene rings is 1. The average molecular weight is 327 g/mol. The fraction of sp³-hybridized carbons (Fsp3) is 0.308. The first-order chi connectivity index (χ1) is 8.99. The van der Waals surface area contributed by atoms with Crippen LogP contribution in [0.5, 0.6) is 0 Å². The van der Waals surface area contributed by atoms with E-state index in [0.29, 0.717) is 12.1 Å². The van der Waals surface area contributed by atoms with Gasteiger partial charge in [-0.1, -0.05) is 12.1 Å². The van der Waals surface area contributed by atoms with Crippen molar-refractivity contribution < 1.29 is 9.72 Å². The predicted octanol–water partition coefficient (Wildman–Crippen LogP) is 3.40. The van der Waals surface area contributed by atoms with Gasteiger partial charge in [0.1, 0.15) is 4.47 Å². The number of carbonyl (C=O) groups excluding carboxylic acids is 1. The molecule has 0 spiro atoms. The van der Waals surface area contributed by atoms with Gasteiger partial charge in [-0.2, -0.15) is 0 Å². The molecular weight excluding hydrogens is 312 g/mol. The number of hydrogen-bond acceptors (Lipinski definition) is 3. The molecule has 1 amide bonds. The molecule has 1 aromatic rings. The van der Waals surface area contributed by atoms with Crippen LogP contribution in [0.2, 0.25) is 0 Å². The molecule has 0 atom stereocenters. The number of hydrogen-bond donors (Lipinski definition) is 0. The number of unbranched alkanes of at least 4 members (excludes halogenated alkanes) is 1. The van der Waals surface area contributed by atoms with E-state index >= 15 is 0 Å². The van der Waals surface area contributed by atoms with E-state index in [4.69, 9.17) is 0 Å². The summed E-state index contributed by atoms with van der Waals surface area (Å²) in [5.74, 6) is -0.236. The maximum Gasteiger partial charge on any atom is 0.284 e. The number of halogens is 1. The van der Waals surface area contributed by atoms with Crippen LogP contribution in [0.3, 0.4) is 0 Å². The molecule has 0 saturated heterocycles. The molecule has 0 fully saturated rings. The zero-order valence-corrected chi connectivity index (χ0v) is 12.2. The molecule has 0 aliphatic heterocycles. The van der Waals surface area contributed by atoms with Crippen LogP contribution in [-0.4, -0.2) is 29.3 Å². The van der Waals surface area contributed by atoms with Crippen LogP contribution < -0.4 is 0 Å². The van der Waals surface area contributed by atoms with E-state index in [2.05, 4.69) is 22.5 Å². The van der Waals surface area contributed by atoms with E-state index in [9.17, 15) is 14.9 Å². The fourth-order valence-electron chi connectivity index (χ4n) is 1.61. The van der Waals surface area contributed by atoms with Gasteiger partial charge in [-0.25, -0.2) is 0 Å². The van der Waals surface area contributed by atoms with E-state index < -0.39 is 4.92 Å². The van der Waals surface area contributed by atoms with Crippen molar-refractivity contribution in [1.82, 2.24) is 4.90 Å². The summed E-state index contributed by atoms with van der Waals surface area (Å²) in [6.45, 7) is 4.20. The molecule has 1 aromatic carbocycles. The third-order valence-electron chi connectivity index (χ3n) is 2.65. The van der Waals surface area contributed by atoms with Gasteiger partial charge in [-0.15, -0.1) is 6.58 Å². The maximum atomic E-state index is 12.2. The smallest absolute Gasteiger partial charge is 0.284 e. The second kappa shape index (κ2) is 7.04. The summed E-state index contributed by atoms with van der Waals surface area (Å²) in [5, 5.41) is 10.8. The number of amides is 1. The lowest BCUT2D eigenvalue weighted by Crippen LogP contribution is -2.28. The topological polar surface area (TPSA) is 63.5 Å². The zero-order chi connectivity index (χ0) is 14.4. The Balaban J connectivity index is 2.90. The summed E-state index contributed by atoms with van der Waals surface area (Å²) in [4.78, 5) is 24.0. The van der Waals surface area contributed by atoms with Crippen molar-refractivity contribution in [2.75, 3.05) is 13.6 Å². The summed E-state index contributed by atoms with van der Waals surface area (Å²) >= 11 is 3.13. The van der Waals surface area contributed by atoms with Crippen LogP contribution in [0.15, 0.2) is 35.3 Å². The van der Waals surface area contributed by atoms with Crippen LogP contribution in [0, 0.1) is 10.1 Å². The summed E-state index contributed by atoms with van der Waals surface area (Å²) in [7, 11) is 1.68. The van der Waals surface area contributed by atoms with Crippen LogP contribution in [0.25, 0.3) is 0 Å². The lowest BCUT2D eigenvalue weighted by atomic mass is 10.1. The van der Waals surface area contributed by atoms with Gasteiger partial charge in [-0.05, 0) is 34.8 Å². The second-order valence-corrected chi connectivity index (χ2v) is 4.85. The Morgan fingerprint density at radius 1 is 1.58 bits per heavy atom. The van der Waals surface area contributed by atoms with Gasteiger partial charge in [0.2, 0.25) is 0 Å². The molecule has 0 unspecified atom stereocenters. The Kier molecular flexibility index (Phi) is 5.69. The first-order valence-corrected chi connectivity index (χ1v) is 6.57. The third-order valence-corrected chi connectivity index (χ3v) is 3.49. The molecular formula is C13H15BrN2O3. The summed E-state index contributed by atoms with van der Waals surface area (Å²) < 4.78 is 0.223. The van der Waals surface area contributed by atoms with Crippen molar-refractivity contribution in [3.8, 4) is 0 Å². The van der Waals surface area contributed by atoms with E-state index in [1.54, 1.807) is 24.1 Å². The van der Waals surface area contributed by atoms with Crippen LogP contribution in [0.1, 0.15) is 23.2 Å². The molecule has 19 heavy (non-hydrogen) atoms. The number of nitro benzene ring substituents is 1. The zero-order valence-electron chi connectivity index (χ0n) is 10.6. The molecule has 0 aliphatic rings. The Hall–Kier alpha value is -1.69. The highest BCUT2D eigenvalue weighted by Gasteiger charge is 2.21. The minimum Gasteiger partial charge on any atom is -0.342 e. The highest BCUT2D eigenvalue weighted by atomic mass is 79.9. The minimum absolute atomic E-state index is 0.106. The number of allylic oxidation sites excluding steroid dienone is 1. The molecule has 0 N–H and O–H groups in total. The van der Waals surface area contributed by atoms with Gasteiger partial charge in [0.25, 0.3) is 11.6 Å². The lowest BCUT2D eigenvalue weighted by molar-refractivity contribution is -0.385. The molecule has 0 saturated carbocycles. The first-order valence-electron chi connectivity index (χ1n) is 5.78. The van der Waals surface area contributed by atoms with Crippen molar-refractivity contribution >= 4 is 27.5 Å². The fourth-order valence-corrected chi connectivity index (χ4v) is 2.18. The molecule has 0 heterocycles. The number of nitrogens with zero attached hydrogens (tertiary/aromatic N) is 2. The van der Waals surface area contributed by atoms with Crippen molar-refractivity contribution in [1.29, 1.82) is 0 Å². The lowest BCUT2D eigenvalue weighted by Gasteiger charge is -2.17. The Morgan fingerprint density at radius 3 is 2.84 bits per heavy atom.